The standard InChI is InChI=1S/C22H20Cl2N2O2/c1-15-5-3-4-6-20(15)26-25-13-16-7-9-21(27-2)17(11-16)14-28-22-10-8-18(23)12-19(22)24/h3-13,26H,14H2,1-2H3. The smallest absolute Gasteiger partial charge is 0.138 e. The average molecular weight is 415 g/mol. The number of hydrogen-bond acceptors (Lipinski definition) is 4. The van der Waals surface area contributed by atoms with Crippen LogP contribution < -0.4 is 14.9 Å². The first-order chi connectivity index (χ1) is 13.6. The summed E-state index contributed by atoms with van der Waals surface area (Å²) < 4.78 is 11.3. The number of methoxy groups -OCH3 is 1. The summed E-state index contributed by atoms with van der Waals surface area (Å²) >= 11 is 12.1. The molecule has 0 aromatic heterocycles. The van der Waals surface area contributed by atoms with Crippen molar-refractivity contribution < 1.29 is 9.47 Å². The van der Waals surface area contributed by atoms with Gasteiger partial charge in [0.2, 0.25) is 0 Å². The maximum absolute atomic E-state index is 6.17. The number of anilines is 1. The highest BCUT2D eigenvalue weighted by Gasteiger charge is 2.08. The molecule has 3 aromatic carbocycles. The van der Waals surface area contributed by atoms with Crippen LogP contribution in [0.3, 0.4) is 0 Å². The van der Waals surface area contributed by atoms with Crippen molar-refractivity contribution in [3.63, 3.8) is 0 Å². The van der Waals surface area contributed by atoms with Crippen LogP contribution in [0.25, 0.3) is 0 Å². The lowest BCUT2D eigenvalue weighted by Crippen LogP contribution is -2.01. The van der Waals surface area contributed by atoms with E-state index in [1.54, 1.807) is 31.5 Å². The maximum Gasteiger partial charge on any atom is 0.138 e. The zero-order chi connectivity index (χ0) is 19.9. The van der Waals surface area contributed by atoms with Crippen LogP contribution in [0.15, 0.2) is 65.8 Å². The van der Waals surface area contributed by atoms with Crippen LogP contribution in [0.1, 0.15) is 16.7 Å². The van der Waals surface area contributed by atoms with Crippen molar-refractivity contribution in [1.82, 2.24) is 0 Å². The molecule has 3 aromatic rings. The molecule has 0 amide bonds. The molecule has 0 unspecified atom stereocenters. The Morgan fingerprint density at radius 1 is 1.00 bits per heavy atom. The van der Waals surface area contributed by atoms with Gasteiger partial charge in [-0.25, -0.2) is 0 Å². The molecule has 0 radical (unpaired) electrons. The van der Waals surface area contributed by atoms with Crippen LogP contribution in [-0.2, 0) is 6.61 Å². The highest BCUT2D eigenvalue weighted by atomic mass is 35.5. The molecule has 0 saturated carbocycles. The Morgan fingerprint density at radius 3 is 2.54 bits per heavy atom. The molecule has 6 heteroatoms. The van der Waals surface area contributed by atoms with Crippen LogP contribution in [0.5, 0.6) is 11.5 Å². The number of ether oxygens (including phenoxy) is 2. The molecule has 0 atom stereocenters. The van der Waals surface area contributed by atoms with E-state index in [0.29, 0.717) is 22.4 Å². The Hall–Kier alpha value is -2.69. The van der Waals surface area contributed by atoms with Gasteiger partial charge in [-0.1, -0.05) is 41.4 Å². The third-order valence-corrected chi connectivity index (χ3v) is 4.66. The normalized spacial score (nSPS) is 10.9. The van der Waals surface area contributed by atoms with Gasteiger partial charge in [-0.2, -0.15) is 5.10 Å². The van der Waals surface area contributed by atoms with Crippen molar-refractivity contribution in [2.45, 2.75) is 13.5 Å². The van der Waals surface area contributed by atoms with E-state index in [4.69, 9.17) is 32.7 Å². The summed E-state index contributed by atoms with van der Waals surface area (Å²) in [6.07, 6.45) is 1.75. The predicted octanol–water partition coefficient (Wildman–Crippen LogP) is 6.34. The van der Waals surface area contributed by atoms with Gasteiger partial charge in [-0.15, -0.1) is 0 Å². The largest absolute Gasteiger partial charge is 0.496 e. The van der Waals surface area contributed by atoms with Gasteiger partial charge in [0.1, 0.15) is 18.1 Å². The summed E-state index contributed by atoms with van der Waals surface area (Å²) in [7, 11) is 1.63. The molecule has 0 aliphatic carbocycles. The molecule has 1 N–H and O–H groups in total. The van der Waals surface area contributed by atoms with Crippen LogP contribution in [0.4, 0.5) is 5.69 Å². The third-order valence-electron chi connectivity index (χ3n) is 4.13. The lowest BCUT2D eigenvalue weighted by molar-refractivity contribution is 0.297. The van der Waals surface area contributed by atoms with Crippen LogP contribution in [0.2, 0.25) is 10.0 Å². The van der Waals surface area contributed by atoms with Crippen LogP contribution in [-0.4, -0.2) is 13.3 Å². The van der Waals surface area contributed by atoms with E-state index < -0.39 is 0 Å². The number of halogens is 2. The zero-order valence-electron chi connectivity index (χ0n) is 15.6. The maximum atomic E-state index is 6.17. The van der Waals surface area contributed by atoms with Crippen molar-refractivity contribution in [2.24, 2.45) is 5.10 Å². The Morgan fingerprint density at radius 2 is 1.79 bits per heavy atom. The molecule has 144 valence electrons. The fourth-order valence-corrected chi connectivity index (χ4v) is 3.08. The van der Waals surface area contributed by atoms with Crippen LogP contribution in [0, 0.1) is 6.92 Å². The first kappa shape index (κ1) is 20.1. The molecule has 28 heavy (non-hydrogen) atoms. The Balaban J connectivity index is 1.72. The van der Waals surface area contributed by atoms with E-state index in [1.165, 1.54) is 0 Å². The summed E-state index contributed by atoms with van der Waals surface area (Å²) in [6.45, 7) is 2.33. The molecule has 0 heterocycles. The molecule has 0 aliphatic heterocycles. The van der Waals surface area contributed by atoms with E-state index in [0.717, 1.165) is 28.1 Å². The van der Waals surface area contributed by atoms with E-state index in [1.807, 2.05) is 49.4 Å². The topological polar surface area (TPSA) is 42.8 Å². The number of aryl methyl sites for hydroxylation is 1. The lowest BCUT2D eigenvalue weighted by Gasteiger charge is -2.12. The van der Waals surface area contributed by atoms with Crippen molar-refractivity contribution >= 4 is 35.1 Å². The minimum atomic E-state index is 0.303. The summed E-state index contributed by atoms with van der Waals surface area (Å²) in [5, 5.41) is 5.35. The lowest BCUT2D eigenvalue weighted by atomic mass is 10.1. The summed E-state index contributed by atoms with van der Waals surface area (Å²) in [5.74, 6) is 1.29. The van der Waals surface area contributed by atoms with Gasteiger partial charge in [0, 0.05) is 10.6 Å². The van der Waals surface area contributed by atoms with E-state index in [2.05, 4.69) is 10.5 Å². The highest BCUT2D eigenvalue weighted by molar-refractivity contribution is 6.35. The number of hydrazone groups is 1. The van der Waals surface area contributed by atoms with Gasteiger partial charge in [0.15, 0.2) is 0 Å². The first-order valence-corrected chi connectivity index (χ1v) is 9.42. The number of benzene rings is 3. The molecule has 0 saturated heterocycles. The van der Waals surface area contributed by atoms with Gasteiger partial charge in [0.05, 0.1) is 24.0 Å². The Bertz CT molecular complexity index is 990. The average Bonchev–Trinajstić information content (AvgIpc) is 2.69. The SMILES string of the molecule is COc1ccc(C=NNc2ccccc2C)cc1COc1ccc(Cl)cc1Cl. The number of para-hydroxylation sites is 1. The van der Waals surface area contributed by atoms with E-state index >= 15 is 0 Å². The van der Waals surface area contributed by atoms with Gasteiger partial charge < -0.3 is 9.47 Å². The molecule has 0 spiro atoms. The number of hydrogen-bond donors (Lipinski definition) is 1. The third kappa shape index (κ3) is 5.18. The van der Waals surface area contributed by atoms with Crippen molar-refractivity contribution in [3.05, 3.63) is 87.4 Å². The van der Waals surface area contributed by atoms with Crippen LogP contribution >= 0.6 is 23.2 Å². The highest BCUT2D eigenvalue weighted by Crippen LogP contribution is 2.29. The monoisotopic (exact) mass is 414 g/mol. The van der Waals surface area contributed by atoms with Gasteiger partial charge in [0.25, 0.3) is 0 Å². The molecular weight excluding hydrogens is 395 g/mol. The van der Waals surface area contributed by atoms with Crippen molar-refractivity contribution in [1.29, 1.82) is 0 Å². The van der Waals surface area contributed by atoms with Crippen molar-refractivity contribution in [3.8, 4) is 11.5 Å². The Kier molecular flexibility index (Phi) is 6.80. The predicted molar refractivity (Wildman–Crippen MR) is 116 cm³/mol. The fraction of sp³-hybridized carbons (Fsp3) is 0.136. The van der Waals surface area contributed by atoms with Gasteiger partial charge in [-0.3, -0.25) is 5.43 Å². The van der Waals surface area contributed by atoms with E-state index in [9.17, 15) is 0 Å². The number of nitrogens with one attached hydrogen (secondary N) is 1. The van der Waals surface area contributed by atoms with Crippen molar-refractivity contribution in [2.75, 3.05) is 12.5 Å². The number of nitrogens with zero attached hydrogens (tertiary/aromatic N) is 1. The summed E-state index contributed by atoms with van der Waals surface area (Å²) in [5.41, 5.74) is 6.95. The second kappa shape index (κ2) is 9.49. The minimum Gasteiger partial charge on any atom is -0.496 e. The van der Waals surface area contributed by atoms with Gasteiger partial charge >= 0.3 is 0 Å². The zero-order valence-corrected chi connectivity index (χ0v) is 17.1. The number of rotatable bonds is 7. The summed E-state index contributed by atoms with van der Waals surface area (Å²) in [6, 6.07) is 18.9. The molecule has 4 nitrogen and oxygen atoms in total. The first-order valence-electron chi connectivity index (χ1n) is 8.66. The quantitative estimate of drug-likeness (QED) is 0.362. The minimum absolute atomic E-state index is 0.303. The molecule has 0 aliphatic rings. The second-order valence-electron chi connectivity index (χ2n) is 6.12. The molecular formula is C22H20Cl2N2O2. The molecule has 3 rings (SSSR count). The summed E-state index contributed by atoms with van der Waals surface area (Å²) in [4.78, 5) is 0. The molecule has 0 fully saturated rings. The Labute approximate surface area is 174 Å². The van der Waals surface area contributed by atoms with E-state index in [-0.39, 0.29) is 0 Å². The fourth-order valence-electron chi connectivity index (χ4n) is 2.61. The van der Waals surface area contributed by atoms with Gasteiger partial charge in [-0.05, 0) is 60.5 Å². The second-order valence-corrected chi connectivity index (χ2v) is 6.96. The molecule has 0 bridgehead atoms.